The summed E-state index contributed by atoms with van der Waals surface area (Å²) in [6.07, 6.45) is 1.98. The first-order valence-electron chi connectivity index (χ1n) is 9.16. The number of anilines is 1. The zero-order valence-electron chi connectivity index (χ0n) is 15.7. The molecule has 0 spiro atoms. The van der Waals surface area contributed by atoms with Crippen molar-refractivity contribution in [2.24, 2.45) is 11.1 Å². The number of nitrogens with zero attached hydrogens (tertiary/aromatic N) is 2. The number of hydrogen-bond acceptors (Lipinski definition) is 9. The van der Waals surface area contributed by atoms with Gasteiger partial charge < -0.3 is 14.8 Å². The number of thiophene rings is 1. The van der Waals surface area contributed by atoms with Crippen LogP contribution < -0.4 is 10.5 Å². The van der Waals surface area contributed by atoms with E-state index >= 15 is 0 Å². The minimum absolute atomic E-state index is 0.0586. The maximum absolute atomic E-state index is 11.0. The van der Waals surface area contributed by atoms with E-state index in [1.165, 1.54) is 6.33 Å². The lowest BCUT2D eigenvalue weighted by Gasteiger charge is -2.12. The van der Waals surface area contributed by atoms with Crippen LogP contribution in [0.2, 0.25) is 0 Å². The molecule has 3 heterocycles. The third-order valence-electron chi connectivity index (χ3n) is 5.15. The summed E-state index contributed by atoms with van der Waals surface area (Å²) in [7, 11) is -4.02. The number of furan rings is 1. The van der Waals surface area contributed by atoms with Crippen molar-refractivity contribution in [3.8, 4) is 0 Å². The van der Waals surface area contributed by atoms with Gasteiger partial charge in [0, 0.05) is 5.92 Å². The molecule has 1 saturated carbocycles. The summed E-state index contributed by atoms with van der Waals surface area (Å²) >= 11 is 1.54. The minimum atomic E-state index is -4.02. The van der Waals surface area contributed by atoms with Crippen LogP contribution in [0.4, 0.5) is 5.82 Å². The van der Waals surface area contributed by atoms with Crippen molar-refractivity contribution in [1.29, 1.82) is 0 Å². The van der Waals surface area contributed by atoms with E-state index in [0.717, 1.165) is 33.1 Å². The van der Waals surface area contributed by atoms with Gasteiger partial charge in [0.15, 0.2) is 0 Å². The number of nitrogens with two attached hydrogens (primary N) is 1. The van der Waals surface area contributed by atoms with Crippen LogP contribution in [-0.2, 0) is 21.0 Å². The molecule has 156 valence electrons. The van der Waals surface area contributed by atoms with Crippen molar-refractivity contribution < 1.29 is 22.1 Å². The Labute approximate surface area is 172 Å². The van der Waals surface area contributed by atoms with Crippen LogP contribution in [0.1, 0.15) is 35.8 Å². The van der Waals surface area contributed by atoms with Gasteiger partial charge in [-0.2, -0.15) is 8.42 Å². The molecular formula is C18H22N4O5S2. The Balaban J connectivity index is 1.50. The van der Waals surface area contributed by atoms with Crippen LogP contribution in [0.25, 0.3) is 10.2 Å². The SMILES string of the molecule is Cc1ccc(CNc2ncnc3c([C@@H]4C[C@@H](COS(N)(=O)=O)[C@@H](O)C4)csc23)o1. The van der Waals surface area contributed by atoms with E-state index in [2.05, 4.69) is 19.5 Å². The molecule has 0 amide bonds. The highest BCUT2D eigenvalue weighted by molar-refractivity contribution is 7.84. The number of rotatable bonds is 7. The molecule has 3 atom stereocenters. The van der Waals surface area contributed by atoms with E-state index < -0.39 is 16.4 Å². The fourth-order valence-corrected chi connectivity index (χ4v) is 5.19. The van der Waals surface area contributed by atoms with Crippen LogP contribution in [0, 0.1) is 12.8 Å². The van der Waals surface area contributed by atoms with Gasteiger partial charge in [-0.15, -0.1) is 11.3 Å². The quantitative estimate of drug-likeness (QED) is 0.510. The minimum Gasteiger partial charge on any atom is -0.465 e. The maximum atomic E-state index is 11.0. The second kappa shape index (κ2) is 8.00. The lowest BCUT2D eigenvalue weighted by Crippen LogP contribution is -2.24. The largest absolute Gasteiger partial charge is 0.465 e. The predicted molar refractivity (Wildman–Crippen MR) is 109 cm³/mol. The average molecular weight is 439 g/mol. The fourth-order valence-electron chi connectivity index (χ4n) is 3.75. The normalized spacial score (nSPS) is 22.4. The Morgan fingerprint density at radius 3 is 2.93 bits per heavy atom. The molecule has 9 nitrogen and oxygen atoms in total. The zero-order valence-corrected chi connectivity index (χ0v) is 17.4. The van der Waals surface area contributed by atoms with Crippen LogP contribution in [0.3, 0.4) is 0 Å². The number of fused-ring (bicyclic) bond motifs is 1. The van der Waals surface area contributed by atoms with Crippen molar-refractivity contribution in [2.45, 2.75) is 38.3 Å². The molecule has 1 aliphatic carbocycles. The Hall–Kier alpha value is -2.05. The average Bonchev–Trinajstić information content (AvgIpc) is 3.36. The molecule has 4 N–H and O–H groups in total. The molecule has 3 aromatic rings. The Kier molecular flexibility index (Phi) is 5.58. The van der Waals surface area contributed by atoms with Crippen LogP contribution in [-0.4, -0.2) is 36.2 Å². The first-order chi connectivity index (χ1) is 13.8. The van der Waals surface area contributed by atoms with Crippen LogP contribution in [0.15, 0.2) is 28.3 Å². The van der Waals surface area contributed by atoms with Gasteiger partial charge in [-0.25, -0.2) is 15.1 Å². The second-order valence-electron chi connectivity index (χ2n) is 7.23. The molecule has 1 aliphatic rings. The van der Waals surface area contributed by atoms with Crippen molar-refractivity contribution in [3.05, 3.63) is 40.9 Å². The molecule has 3 aromatic heterocycles. The highest BCUT2D eigenvalue weighted by atomic mass is 32.2. The molecule has 0 unspecified atom stereocenters. The number of hydrogen-bond donors (Lipinski definition) is 3. The summed E-state index contributed by atoms with van der Waals surface area (Å²) in [5, 5.41) is 20.5. The third-order valence-corrected chi connectivity index (χ3v) is 6.61. The van der Waals surface area contributed by atoms with Crippen molar-refractivity contribution >= 4 is 37.7 Å². The van der Waals surface area contributed by atoms with E-state index in [1.807, 2.05) is 24.4 Å². The lowest BCUT2D eigenvalue weighted by atomic mass is 9.98. The number of aryl methyl sites for hydroxylation is 1. The van der Waals surface area contributed by atoms with E-state index in [-0.39, 0.29) is 18.4 Å². The first-order valence-corrected chi connectivity index (χ1v) is 11.5. The number of aliphatic hydroxyl groups excluding tert-OH is 1. The van der Waals surface area contributed by atoms with Gasteiger partial charge in [-0.3, -0.25) is 4.18 Å². The number of aliphatic hydroxyl groups is 1. The fraction of sp³-hybridized carbons (Fsp3) is 0.444. The highest BCUT2D eigenvalue weighted by Gasteiger charge is 2.36. The molecule has 0 radical (unpaired) electrons. The Bertz CT molecular complexity index is 1110. The van der Waals surface area contributed by atoms with Gasteiger partial charge in [0.2, 0.25) is 0 Å². The molecule has 29 heavy (non-hydrogen) atoms. The second-order valence-corrected chi connectivity index (χ2v) is 9.33. The van der Waals surface area contributed by atoms with Gasteiger partial charge in [0.1, 0.15) is 23.7 Å². The summed E-state index contributed by atoms with van der Waals surface area (Å²) in [4.78, 5) is 8.80. The van der Waals surface area contributed by atoms with Crippen molar-refractivity contribution in [2.75, 3.05) is 11.9 Å². The molecule has 0 aromatic carbocycles. The molecule has 1 fully saturated rings. The topological polar surface area (TPSA) is 141 Å². The monoisotopic (exact) mass is 438 g/mol. The Morgan fingerprint density at radius 1 is 1.38 bits per heavy atom. The van der Waals surface area contributed by atoms with Crippen LogP contribution in [0.5, 0.6) is 0 Å². The summed E-state index contributed by atoms with van der Waals surface area (Å²) in [5.74, 6) is 2.17. The molecular weight excluding hydrogens is 416 g/mol. The smallest absolute Gasteiger partial charge is 0.333 e. The lowest BCUT2D eigenvalue weighted by molar-refractivity contribution is 0.101. The number of aromatic nitrogens is 2. The van der Waals surface area contributed by atoms with Crippen molar-refractivity contribution in [3.63, 3.8) is 0 Å². The van der Waals surface area contributed by atoms with E-state index in [1.54, 1.807) is 11.3 Å². The van der Waals surface area contributed by atoms with Gasteiger partial charge in [0.25, 0.3) is 0 Å². The van der Waals surface area contributed by atoms with E-state index in [9.17, 15) is 13.5 Å². The van der Waals surface area contributed by atoms with Gasteiger partial charge in [0.05, 0.1) is 29.5 Å². The maximum Gasteiger partial charge on any atom is 0.333 e. The van der Waals surface area contributed by atoms with Crippen molar-refractivity contribution in [1.82, 2.24) is 9.97 Å². The predicted octanol–water partition coefficient (Wildman–Crippen LogP) is 2.28. The van der Waals surface area contributed by atoms with Gasteiger partial charge in [-0.1, -0.05) is 0 Å². The zero-order chi connectivity index (χ0) is 20.6. The Morgan fingerprint density at radius 2 is 2.21 bits per heavy atom. The standard InChI is InChI=1S/C18H22N4O5S2/c1-10-2-3-13(27-10)6-20-18-17-16(21-9-22-18)14(8-28-17)11-4-12(15(23)5-11)7-26-29(19,24)25/h2-3,8-9,11-12,15,23H,4-7H2,1H3,(H2,19,24,25)(H,20,21,22)/t11-,12+,15+/m1/s1. The van der Waals surface area contributed by atoms with E-state index in [0.29, 0.717) is 19.4 Å². The molecule has 0 saturated heterocycles. The van der Waals surface area contributed by atoms with Gasteiger partial charge >= 0.3 is 10.3 Å². The molecule has 4 rings (SSSR count). The molecule has 0 bridgehead atoms. The summed E-state index contributed by atoms with van der Waals surface area (Å²) < 4.78 is 33.2. The number of nitrogens with one attached hydrogen (secondary N) is 1. The third kappa shape index (κ3) is 4.59. The van der Waals surface area contributed by atoms with Crippen LogP contribution >= 0.6 is 11.3 Å². The summed E-state index contributed by atoms with van der Waals surface area (Å²) in [5.41, 5.74) is 1.87. The highest BCUT2D eigenvalue weighted by Crippen LogP contribution is 2.43. The summed E-state index contributed by atoms with van der Waals surface area (Å²) in [6, 6.07) is 3.83. The first kappa shape index (κ1) is 20.2. The summed E-state index contributed by atoms with van der Waals surface area (Å²) in [6.45, 7) is 2.29. The van der Waals surface area contributed by atoms with E-state index in [4.69, 9.17) is 9.56 Å². The molecule has 11 heteroatoms. The molecule has 0 aliphatic heterocycles. The van der Waals surface area contributed by atoms with Gasteiger partial charge in [-0.05, 0) is 48.8 Å².